The number of aryl methyl sites for hydroxylation is 1. The van der Waals surface area contributed by atoms with Crippen LogP contribution in [0.25, 0.3) is 0 Å². The zero-order valence-electron chi connectivity index (χ0n) is 11.0. The third-order valence-electron chi connectivity index (χ3n) is 3.50. The molecule has 0 radical (unpaired) electrons. The average Bonchev–Trinajstić information content (AvgIpc) is 2.74. The summed E-state index contributed by atoms with van der Waals surface area (Å²) in [6, 6.07) is 2.73. The van der Waals surface area contributed by atoms with Crippen molar-refractivity contribution in [3.63, 3.8) is 0 Å². The fraction of sp³-hybridized carbons (Fsp3) is 0.714. The standard InChI is InChI=1S/C14H22ClNS2/c1-17-9-4-2-3-8-16-12-6-5-7-13-11(12)10-14(15)18-13/h10,12,16H,2-9H2,1H3. The van der Waals surface area contributed by atoms with Crippen LogP contribution in [0.15, 0.2) is 6.07 Å². The second-order valence-electron chi connectivity index (χ2n) is 4.88. The van der Waals surface area contributed by atoms with Crippen molar-refractivity contribution in [2.75, 3.05) is 18.6 Å². The van der Waals surface area contributed by atoms with Crippen LogP contribution in [0.1, 0.15) is 48.6 Å². The van der Waals surface area contributed by atoms with E-state index in [-0.39, 0.29) is 0 Å². The third-order valence-corrected chi connectivity index (χ3v) is 5.54. The van der Waals surface area contributed by atoms with Crippen LogP contribution in [-0.2, 0) is 6.42 Å². The largest absolute Gasteiger partial charge is 0.310 e. The minimum Gasteiger partial charge on any atom is -0.310 e. The Hall–Kier alpha value is 0.300. The first-order valence-electron chi connectivity index (χ1n) is 6.81. The molecule has 1 aromatic rings. The molecule has 0 spiro atoms. The molecule has 0 aliphatic heterocycles. The maximum Gasteiger partial charge on any atom is 0.0934 e. The van der Waals surface area contributed by atoms with Gasteiger partial charge in [-0.2, -0.15) is 11.8 Å². The molecule has 0 fully saturated rings. The van der Waals surface area contributed by atoms with Gasteiger partial charge >= 0.3 is 0 Å². The number of fused-ring (bicyclic) bond motifs is 1. The van der Waals surface area contributed by atoms with E-state index in [0.717, 1.165) is 10.9 Å². The average molecular weight is 304 g/mol. The Morgan fingerprint density at radius 3 is 3.17 bits per heavy atom. The number of hydrogen-bond acceptors (Lipinski definition) is 3. The lowest BCUT2D eigenvalue weighted by Crippen LogP contribution is -2.25. The van der Waals surface area contributed by atoms with Crippen molar-refractivity contribution < 1.29 is 0 Å². The van der Waals surface area contributed by atoms with Gasteiger partial charge in [-0.3, -0.25) is 0 Å². The Balaban J connectivity index is 1.74. The normalized spacial score (nSPS) is 18.9. The van der Waals surface area contributed by atoms with Crippen LogP contribution in [0.5, 0.6) is 0 Å². The lowest BCUT2D eigenvalue weighted by molar-refractivity contribution is 0.455. The van der Waals surface area contributed by atoms with E-state index in [1.807, 2.05) is 11.8 Å². The topological polar surface area (TPSA) is 12.0 Å². The van der Waals surface area contributed by atoms with Crippen molar-refractivity contribution in [1.29, 1.82) is 0 Å². The Morgan fingerprint density at radius 2 is 2.33 bits per heavy atom. The molecule has 1 unspecified atom stereocenters. The maximum absolute atomic E-state index is 6.12. The lowest BCUT2D eigenvalue weighted by atomic mass is 9.94. The van der Waals surface area contributed by atoms with Gasteiger partial charge in [-0.1, -0.05) is 18.0 Å². The zero-order valence-corrected chi connectivity index (χ0v) is 13.4. The van der Waals surface area contributed by atoms with Gasteiger partial charge in [0.15, 0.2) is 0 Å². The highest BCUT2D eigenvalue weighted by molar-refractivity contribution is 7.98. The molecule has 1 aliphatic carbocycles. The number of hydrogen-bond donors (Lipinski definition) is 1. The molecule has 102 valence electrons. The zero-order chi connectivity index (χ0) is 12.8. The quantitative estimate of drug-likeness (QED) is 0.719. The van der Waals surface area contributed by atoms with Gasteiger partial charge in [0.1, 0.15) is 0 Å². The molecule has 4 heteroatoms. The molecule has 1 aromatic heterocycles. The van der Waals surface area contributed by atoms with Gasteiger partial charge in [0.25, 0.3) is 0 Å². The van der Waals surface area contributed by atoms with Crippen molar-refractivity contribution >= 4 is 34.7 Å². The van der Waals surface area contributed by atoms with Crippen LogP contribution in [0.2, 0.25) is 4.34 Å². The number of unbranched alkanes of at least 4 members (excludes halogenated alkanes) is 2. The smallest absolute Gasteiger partial charge is 0.0934 e. The van der Waals surface area contributed by atoms with E-state index in [1.165, 1.54) is 54.7 Å². The SMILES string of the molecule is CSCCCCCNC1CCCc2sc(Cl)cc21. The van der Waals surface area contributed by atoms with Gasteiger partial charge < -0.3 is 5.32 Å². The second kappa shape index (κ2) is 7.78. The fourth-order valence-corrected chi connectivity index (χ4v) is 4.43. The Morgan fingerprint density at radius 1 is 1.44 bits per heavy atom. The number of rotatable bonds is 7. The van der Waals surface area contributed by atoms with Crippen LogP contribution >= 0.6 is 34.7 Å². The minimum absolute atomic E-state index is 0.554. The van der Waals surface area contributed by atoms with Crippen LogP contribution in [-0.4, -0.2) is 18.6 Å². The third kappa shape index (κ3) is 4.16. The molecule has 1 nitrogen and oxygen atoms in total. The molecule has 0 saturated carbocycles. The van der Waals surface area contributed by atoms with Crippen LogP contribution in [0.4, 0.5) is 0 Å². The maximum atomic E-state index is 6.12. The molecule has 0 bridgehead atoms. The predicted octanol–water partition coefficient (Wildman–Crippen LogP) is 4.90. The summed E-state index contributed by atoms with van der Waals surface area (Å²) in [5.41, 5.74) is 1.47. The lowest BCUT2D eigenvalue weighted by Gasteiger charge is -2.23. The molecule has 0 aromatic carbocycles. The van der Waals surface area contributed by atoms with E-state index in [4.69, 9.17) is 11.6 Å². The van der Waals surface area contributed by atoms with Gasteiger partial charge in [0.2, 0.25) is 0 Å². The number of thioether (sulfide) groups is 1. The summed E-state index contributed by atoms with van der Waals surface area (Å²) in [5, 5.41) is 3.71. The molecule has 1 heterocycles. The number of halogens is 1. The molecule has 0 saturated heterocycles. The number of nitrogens with one attached hydrogen (secondary N) is 1. The van der Waals surface area contributed by atoms with Crippen molar-refractivity contribution in [3.8, 4) is 0 Å². The van der Waals surface area contributed by atoms with Gasteiger partial charge in [-0.25, -0.2) is 0 Å². The second-order valence-corrected chi connectivity index (χ2v) is 7.64. The summed E-state index contributed by atoms with van der Waals surface area (Å²) in [6.07, 6.45) is 9.96. The van der Waals surface area contributed by atoms with Gasteiger partial charge in [0.05, 0.1) is 4.34 Å². The van der Waals surface area contributed by atoms with E-state index < -0.39 is 0 Å². The first-order valence-corrected chi connectivity index (χ1v) is 9.40. The summed E-state index contributed by atoms with van der Waals surface area (Å²) in [4.78, 5) is 1.51. The Labute approximate surface area is 124 Å². The van der Waals surface area contributed by atoms with E-state index in [1.54, 1.807) is 11.3 Å². The van der Waals surface area contributed by atoms with Gasteiger partial charge in [-0.15, -0.1) is 11.3 Å². The van der Waals surface area contributed by atoms with Crippen LogP contribution in [0, 0.1) is 0 Å². The summed E-state index contributed by atoms with van der Waals surface area (Å²) in [7, 11) is 0. The molecule has 1 aliphatic rings. The Kier molecular flexibility index (Phi) is 6.36. The monoisotopic (exact) mass is 303 g/mol. The van der Waals surface area contributed by atoms with Gasteiger partial charge in [-0.05, 0) is 62.3 Å². The summed E-state index contributed by atoms with van der Waals surface area (Å²) in [6.45, 7) is 1.14. The first kappa shape index (κ1) is 14.7. The van der Waals surface area contributed by atoms with E-state index in [0.29, 0.717) is 6.04 Å². The molecule has 2 rings (SSSR count). The van der Waals surface area contributed by atoms with Crippen LogP contribution < -0.4 is 5.32 Å². The Bertz CT molecular complexity index is 365. The molecule has 1 N–H and O–H groups in total. The molecule has 18 heavy (non-hydrogen) atoms. The van der Waals surface area contributed by atoms with Crippen LogP contribution in [0.3, 0.4) is 0 Å². The van der Waals surface area contributed by atoms with E-state index in [9.17, 15) is 0 Å². The summed E-state index contributed by atoms with van der Waals surface area (Å²) >= 11 is 9.84. The fourth-order valence-electron chi connectivity index (χ4n) is 2.56. The van der Waals surface area contributed by atoms with Crippen molar-refractivity contribution in [3.05, 3.63) is 20.8 Å². The number of thiophene rings is 1. The molecular formula is C14H22ClNS2. The summed E-state index contributed by atoms with van der Waals surface area (Å²) in [5.74, 6) is 1.30. The highest BCUT2D eigenvalue weighted by atomic mass is 35.5. The molecule has 1 atom stereocenters. The predicted molar refractivity (Wildman–Crippen MR) is 85.2 cm³/mol. The van der Waals surface area contributed by atoms with Crippen molar-refractivity contribution in [2.45, 2.75) is 44.6 Å². The molecule has 0 amide bonds. The van der Waals surface area contributed by atoms with E-state index >= 15 is 0 Å². The highest BCUT2D eigenvalue weighted by Crippen LogP contribution is 2.37. The van der Waals surface area contributed by atoms with E-state index in [2.05, 4.69) is 17.6 Å². The minimum atomic E-state index is 0.554. The summed E-state index contributed by atoms with van der Waals surface area (Å²) < 4.78 is 0.952. The first-order chi connectivity index (χ1) is 8.81. The van der Waals surface area contributed by atoms with Crippen molar-refractivity contribution in [2.24, 2.45) is 0 Å². The van der Waals surface area contributed by atoms with Gasteiger partial charge in [0, 0.05) is 10.9 Å². The highest BCUT2D eigenvalue weighted by Gasteiger charge is 2.21. The molecular weight excluding hydrogens is 282 g/mol. The van der Waals surface area contributed by atoms with Crippen molar-refractivity contribution in [1.82, 2.24) is 5.32 Å².